The van der Waals surface area contributed by atoms with Crippen LogP contribution in [-0.4, -0.2) is 37.7 Å². The zero-order chi connectivity index (χ0) is 6.83. The molecule has 4 nitrogen and oxygen atoms in total. The van der Waals surface area contributed by atoms with E-state index in [1.807, 2.05) is 0 Å². The molecule has 0 amide bonds. The number of rotatable bonds is 0. The largest absolute Gasteiger partial charge is 2.00 e. The fourth-order valence-electron chi connectivity index (χ4n) is 0. The van der Waals surface area contributed by atoms with Crippen molar-refractivity contribution in [2.75, 3.05) is 0 Å². The van der Waals surface area contributed by atoms with Crippen molar-refractivity contribution in [1.82, 2.24) is 0 Å². The Bertz CT molecular complexity index is 112. The molecule has 0 aromatic heterocycles. The first kappa shape index (κ1) is 16.1. The number of hydrogen-bond donors (Lipinski definition) is 0. The third kappa shape index (κ3) is 62.8. The Labute approximate surface area is 93.6 Å². The van der Waals surface area contributed by atoms with Gasteiger partial charge in [-0.2, -0.15) is 8.50 Å². The molecule has 0 saturated carbocycles. The average molecular weight is 188 g/mol. The van der Waals surface area contributed by atoms with Gasteiger partial charge in [0.25, 0.3) is 0 Å². The Morgan fingerprint density at radius 1 is 1.00 bits per heavy atom. The molecule has 0 aliphatic rings. The van der Waals surface area contributed by atoms with E-state index in [0.29, 0.717) is 0 Å². The van der Waals surface area contributed by atoms with E-state index in [1.165, 1.54) is 0 Å². The van der Waals surface area contributed by atoms with Gasteiger partial charge in [-0.25, -0.2) is 0 Å². The SMILES string of the molecule is [Ca+2].[O-]C#[N+][S-].[O-]C#[N+][S-]. The van der Waals surface area contributed by atoms with Gasteiger partial charge in [-0.15, -0.1) is 0 Å². The molecule has 0 aromatic carbocycles. The van der Waals surface area contributed by atoms with Gasteiger partial charge in [-0.05, 0) is 0 Å². The molecule has 0 rings (SSSR count). The van der Waals surface area contributed by atoms with E-state index in [-0.39, 0.29) is 37.7 Å². The molecule has 0 heterocycles. The molecule has 7 heteroatoms. The van der Waals surface area contributed by atoms with E-state index in [1.54, 1.807) is 0 Å². The third-order valence-corrected chi connectivity index (χ3v) is 0.224. The summed E-state index contributed by atoms with van der Waals surface area (Å²) >= 11 is 7.51. The summed E-state index contributed by atoms with van der Waals surface area (Å²) in [6.45, 7) is 0. The van der Waals surface area contributed by atoms with E-state index in [9.17, 15) is 0 Å². The summed E-state index contributed by atoms with van der Waals surface area (Å²) in [5.74, 6) is 0. The van der Waals surface area contributed by atoms with Gasteiger partial charge in [0.1, 0.15) is 0 Å². The second-order valence-corrected chi connectivity index (χ2v) is 0.730. The van der Waals surface area contributed by atoms with Crippen LogP contribution in [0.25, 0.3) is 8.50 Å². The van der Waals surface area contributed by atoms with Crippen molar-refractivity contribution < 1.29 is 10.2 Å². The van der Waals surface area contributed by atoms with Crippen LogP contribution in [0.4, 0.5) is 0 Å². The summed E-state index contributed by atoms with van der Waals surface area (Å²) in [5.41, 5.74) is 0. The van der Waals surface area contributed by atoms with Gasteiger partial charge in [0.15, 0.2) is 0 Å². The Kier molecular flexibility index (Phi) is 42.9. The Morgan fingerprint density at radius 2 is 1.11 bits per heavy atom. The van der Waals surface area contributed by atoms with Gasteiger partial charge in [0.2, 0.25) is 12.5 Å². The third-order valence-electron chi connectivity index (χ3n) is 0.0745. The van der Waals surface area contributed by atoms with E-state index in [2.05, 4.69) is 34.1 Å². The van der Waals surface area contributed by atoms with Gasteiger partial charge < -0.3 is 10.2 Å². The summed E-state index contributed by atoms with van der Waals surface area (Å²) in [5, 5.41) is 17.6. The molecule has 0 aliphatic heterocycles. The summed E-state index contributed by atoms with van der Waals surface area (Å²) in [6, 6.07) is 0. The van der Waals surface area contributed by atoms with E-state index in [0.717, 1.165) is 12.5 Å². The molecule has 44 valence electrons. The van der Waals surface area contributed by atoms with Crippen LogP contribution in [0.5, 0.6) is 0 Å². The van der Waals surface area contributed by atoms with Crippen molar-refractivity contribution >= 4 is 63.4 Å². The van der Waals surface area contributed by atoms with Crippen LogP contribution < -0.4 is 10.2 Å². The van der Waals surface area contributed by atoms with Crippen molar-refractivity contribution in [1.29, 1.82) is 0 Å². The molecule has 0 radical (unpaired) electrons. The van der Waals surface area contributed by atoms with Crippen LogP contribution in [0, 0.1) is 12.5 Å². The first-order chi connectivity index (χ1) is 3.83. The van der Waals surface area contributed by atoms with Crippen molar-refractivity contribution in [3.8, 4) is 12.5 Å². The fraction of sp³-hybridized carbons (Fsp3) is 0. The number of hydrogen-bond acceptors (Lipinski definition) is 4. The van der Waals surface area contributed by atoms with Gasteiger partial charge in [0, 0.05) is 0 Å². The monoisotopic (exact) mass is 188 g/mol. The molecule has 0 N–H and O–H groups in total. The summed E-state index contributed by atoms with van der Waals surface area (Å²) in [4.78, 5) is 0. The molecule has 0 bridgehead atoms. The predicted molar refractivity (Wildman–Crippen MR) is 35.0 cm³/mol. The van der Waals surface area contributed by atoms with E-state index in [4.69, 9.17) is 10.2 Å². The van der Waals surface area contributed by atoms with Crippen LogP contribution in [0.1, 0.15) is 0 Å². The van der Waals surface area contributed by atoms with Crippen LogP contribution in [-0.2, 0) is 25.6 Å². The zero-order valence-electron chi connectivity index (χ0n) is 4.23. The Hall–Kier alpha value is 0.280. The maximum absolute atomic E-state index is 8.78. The van der Waals surface area contributed by atoms with Crippen molar-refractivity contribution in [3.63, 3.8) is 0 Å². The first-order valence-electron chi connectivity index (χ1n) is 1.22. The Morgan fingerprint density at radius 3 is 1.11 bits per heavy atom. The maximum atomic E-state index is 8.78. The van der Waals surface area contributed by atoms with Gasteiger partial charge in [0.05, 0.1) is 0 Å². The summed E-state index contributed by atoms with van der Waals surface area (Å²) in [7, 11) is 0. The molecular weight excluding hydrogens is 188 g/mol. The predicted octanol–water partition coefficient (Wildman–Crippen LogP) is -2.18. The topological polar surface area (TPSA) is 54.8 Å². The average Bonchev–Trinajstić information content (AvgIpc) is 1.88. The molecule has 0 atom stereocenters. The molecule has 0 fully saturated rings. The van der Waals surface area contributed by atoms with Gasteiger partial charge in [-0.3, -0.25) is 25.6 Å². The van der Waals surface area contributed by atoms with Crippen LogP contribution >= 0.6 is 0 Å². The minimum Gasteiger partial charge on any atom is -0.776 e. The van der Waals surface area contributed by atoms with Crippen LogP contribution in [0.15, 0.2) is 0 Å². The number of nitrogens with zero attached hydrogens (tertiary/aromatic N) is 2. The molecule has 0 unspecified atom stereocenters. The van der Waals surface area contributed by atoms with Crippen molar-refractivity contribution in [2.45, 2.75) is 0 Å². The molecule has 9 heavy (non-hydrogen) atoms. The minimum atomic E-state index is 0. The fourth-order valence-corrected chi connectivity index (χ4v) is 0. The van der Waals surface area contributed by atoms with Crippen LogP contribution in [0.3, 0.4) is 0 Å². The van der Waals surface area contributed by atoms with Crippen LogP contribution in [0.2, 0.25) is 0 Å². The second-order valence-electron chi connectivity index (χ2n) is 0.365. The quantitative estimate of drug-likeness (QED) is 0.246. The standard InChI is InChI=1S/2CHNOS.Ca/c2*3-1-2-4;/h2*3H;/q;;+2/p-2. The van der Waals surface area contributed by atoms with Gasteiger partial charge in [-0.1, -0.05) is 0 Å². The zero-order valence-corrected chi connectivity index (χ0v) is 8.08. The van der Waals surface area contributed by atoms with E-state index >= 15 is 0 Å². The van der Waals surface area contributed by atoms with Gasteiger partial charge >= 0.3 is 37.7 Å². The smallest absolute Gasteiger partial charge is 0.776 e. The summed E-state index contributed by atoms with van der Waals surface area (Å²) < 4.78 is 5.03. The first-order valence-corrected chi connectivity index (χ1v) is 1.95. The molecular formula is C2CaN2O2S2. The second kappa shape index (κ2) is 24.0. The minimum absolute atomic E-state index is 0. The van der Waals surface area contributed by atoms with Crippen molar-refractivity contribution in [2.24, 2.45) is 0 Å². The van der Waals surface area contributed by atoms with Crippen molar-refractivity contribution in [3.05, 3.63) is 8.50 Å². The molecule has 0 saturated heterocycles. The molecule has 0 aromatic rings. The molecule has 0 aliphatic carbocycles. The Balaban J connectivity index is -0.0000000720. The maximum Gasteiger partial charge on any atom is 2.00 e. The normalized spacial score (nSPS) is 2.67. The van der Waals surface area contributed by atoms with E-state index < -0.39 is 0 Å². The summed E-state index contributed by atoms with van der Waals surface area (Å²) in [6.07, 6.45) is 2.24. The molecule has 0 spiro atoms.